The zero-order valence-corrected chi connectivity index (χ0v) is 15.1. The van der Waals surface area contributed by atoms with Gasteiger partial charge < -0.3 is 5.11 Å². The van der Waals surface area contributed by atoms with Crippen molar-refractivity contribution >= 4 is 39.2 Å². The van der Waals surface area contributed by atoms with Crippen molar-refractivity contribution in [2.75, 3.05) is 7.05 Å². The maximum atomic E-state index is 12.9. The molecular weight excluding hydrogens is 375 g/mol. The zero-order valence-electron chi connectivity index (χ0n) is 12.8. The number of pyridine rings is 1. The van der Waals surface area contributed by atoms with Gasteiger partial charge in [-0.05, 0) is 31.2 Å². The molecule has 1 unspecified atom stereocenters. The number of carboxylic acid groups (broad SMARTS) is 1. The van der Waals surface area contributed by atoms with E-state index in [4.69, 9.17) is 28.3 Å². The topological polar surface area (TPSA) is 87.6 Å². The molecule has 0 aliphatic carbocycles. The average molecular weight is 389 g/mol. The fourth-order valence-electron chi connectivity index (χ4n) is 2.05. The van der Waals surface area contributed by atoms with Crippen LogP contribution in [0.4, 0.5) is 0 Å². The molecule has 0 aliphatic rings. The third-order valence-electron chi connectivity index (χ3n) is 3.56. The second-order valence-electron chi connectivity index (χ2n) is 5.03. The summed E-state index contributed by atoms with van der Waals surface area (Å²) in [5.41, 5.74) is 0.280. The van der Waals surface area contributed by atoms with E-state index >= 15 is 0 Å². The number of carbonyl (C=O) groups is 1. The van der Waals surface area contributed by atoms with E-state index < -0.39 is 22.0 Å². The van der Waals surface area contributed by atoms with Crippen LogP contribution in [0.5, 0.6) is 0 Å². The maximum absolute atomic E-state index is 12.9. The first-order chi connectivity index (χ1) is 11.2. The summed E-state index contributed by atoms with van der Waals surface area (Å²) in [5, 5.41) is 8.73. The minimum Gasteiger partial charge on any atom is -0.478 e. The molecule has 6 nitrogen and oxygen atoms in total. The summed E-state index contributed by atoms with van der Waals surface area (Å²) in [7, 11) is -2.71. The number of carboxylic acids is 1. The predicted octanol–water partition coefficient (Wildman–Crippen LogP) is 3.47. The van der Waals surface area contributed by atoms with E-state index in [0.29, 0.717) is 5.69 Å². The summed E-state index contributed by atoms with van der Waals surface area (Å²) < 4.78 is 26.8. The lowest BCUT2D eigenvalue weighted by molar-refractivity contribution is 0.0696. The zero-order chi connectivity index (χ0) is 18.1. The average Bonchev–Trinajstić information content (AvgIpc) is 2.56. The van der Waals surface area contributed by atoms with Gasteiger partial charge in [-0.15, -0.1) is 0 Å². The van der Waals surface area contributed by atoms with Crippen molar-refractivity contribution in [1.29, 1.82) is 0 Å². The molecule has 0 spiro atoms. The van der Waals surface area contributed by atoms with Crippen LogP contribution in [0.1, 0.15) is 29.0 Å². The smallest absolute Gasteiger partial charge is 0.335 e. The Morgan fingerprint density at radius 3 is 2.50 bits per heavy atom. The van der Waals surface area contributed by atoms with Crippen LogP contribution in [0.2, 0.25) is 10.0 Å². The Kier molecular flexibility index (Phi) is 5.49. The maximum Gasteiger partial charge on any atom is 0.335 e. The number of aromatic nitrogens is 1. The molecule has 24 heavy (non-hydrogen) atoms. The number of aromatic carboxylic acids is 1. The van der Waals surface area contributed by atoms with Crippen molar-refractivity contribution in [3.63, 3.8) is 0 Å². The molecule has 128 valence electrons. The highest BCUT2D eigenvalue weighted by atomic mass is 35.5. The third-order valence-corrected chi connectivity index (χ3v) is 6.43. The molecule has 1 N–H and O–H groups in total. The molecular formula is C15H14Cl2N2O4S. The van der Waals surface area contributed by atoms with Crippen LogP contribution in [-0.4, -0.2) is 35.8 Å². The number of hydrogen-bond donors (Lipinski definition) is 1. The molecule has 0 bridgehead atoms. The second-order valence-corrected chi connectivity index (χ2v) is 7.78. The van der Waals surface area contributed by atoms with Crippen LogP contribution >= 0.6 is 23.2 Å². The Bertz CT molecular complexity index is 873. The van der Waals surface area contributed by atoms with Gasteiger partial charge in [-0.25, -0.2) is 13.2 Å². The summed E-state index contributed by atoms with van der Waals surface area (Å²) in [4.78, 5) is 14.9. The first-order valence-electron chi connectivity index (χ1n) is 6.77. The van der Waals surface area contributed by atoms with Crippen LogP contribution in [0.3, 0.4) is 0 Å². The van der Waals surface area contributed by atoms with Gasteiger partial charge in [0.25, 0.3) is 0 Å². The van der Waals surface area contributed by atoms with Crippen molar-refractivity contribution in [1.82, 2.24) is 9.29 Å². The van der Waals surface area contributed by atoms with Crippen LogP contribution in [0.25, 0.3) is 0 Å². The summed E-state index contributed by atoms with van der Waals surface area (Å²) in [6.07, 6.45) is 1.56. The Morgan fingerprint density at radius 2 is 1.96 bits per heavy atom. The summed E-state index contributed by atoms with van der Waals surface area (Å²) in [6.45, 7) is 1.66. The molecule has 0 fully saturated rings. The minimum absolute atomic E-state index is 0.144. The van der Waals surface area contributed by atoms with E-state index in [2.05, 4.69) is 4.98 Å². The molecule has 2 rings (SSSR count). The molecule has 0 radical (unpaired) electrons. The summed E-state index contributed by atoms with van der Waals surface area (Å²) >= 11 is 11.9. The normalized spacial score (nSPS) is 13.0. The van der Waals surface area contributed by atoms with Gasteiger partial charge in [0.15, 0.2) is 0 Å². The monoisotopic (exact) mass is 388 g/mol. The van der Waals surface area contributed by atoms with Crippen molar-refractivity contribution in [3.05, 3.63) is 57.8 Å². The van der Waals surface area contributed by atoms with Crippen LogP contribution in [0.15, 0.2) is 41.4 Å². The lowest BCUT2D eigenvalue weighted by Crippen LogP contribution is -2.30. The van der Waals surface area contributed by atoms with E-state index in [0.717, 1.165) is 16.4 Å². The van der Waals surface area contributed by atoms with Crippen LogP contribution < -0.4 is 0 Å². The van der Waals surface area contributed by atoms with Gasteiger partial charge in [0, 0.05) is 13.2 Å². The highest BCUT2D eigenvalue weighted by molar-refractivity contribution is 7.89. The van der Waals surface area contributed by atoms with Gasteiger partial charge in [-0.3, -0.25) is 4.98 Å². The summed E-state index contributed by atoms with van der Waals surface area (Å²) in [5.74, 6) is -1.30. The lowest BCUT2D eigenvalue weighted by atomic mass is 10.2. The quantitative estimate of drug-likeness (QED) is 0.846. The number of rotatable bonds is 5. The fraction of sp³-hybridized carbons (Fsp3) is 0.200. The molecule has 1 heterocycles. The lowest BCUT2D eigenvalue weighted by Gasteiger charge is -2.24. The second kappa shape index (κ2) is 7.06. The number of halogens is 2. The van der Waals surface area contributed by atoms with Gasteiger partial charge in [-0.2, -0.15) is 4.31 Å². The highest BCUT2D eigenvalue weighted by Gasteiger charge is 2.30. The minimum atomic E-state index is -4.08. The van der Waals surface area contributed by atoms with E-state index in [9.17, 15) is 13.2 Å². The first-order valence-corrected chi connectivity index (χ1v) is 8.97. The SMILES string of the molecule is CC(c1ccccn1)N(C)S(=O)(=O)c1cc(C(=O)O)cc(Cl)c1Cl. The van der Waals surface area contributed by atoms with Gasteiger partial charge in [0.1, 0.15) is 4.90 Å². The highest BCUT2D eigenvalue weighted by Crippen LogP contribution is 2.34. The van der Waals surface area contributed by atoms with Crippen molar-refractivity contribution in [2.45, 2.75) is 17.9 Å². The molecule has 1 atom stereocenters. The number of hydrogen-bond acceptors (Lipinski definition) is 4. The number of sulfonamides is 1. The van der Waals surface area contributed by atoms with E-state index in [1.54, 1.807) is 31.3 Å². The molecule has 0 amide bonds. The van der Waals surface area contributed by atoms with Gasteiger partial charge in [0.05, 0.1) is 27.3 Å². The van der Waals surface area contributed by atoms with Gasteiger partial charge in [0.2, 0.25) is 10.0 Å². The molecule has 9 heteroatoms. The standard InChI is InChI=1S/C15H14Cl2N2O4S/c1-9(12-5-3-4-6-18-12)19(2)24(22,23)13-8-10(15(20)21)7-11(16)14(13)17/h3-9H,1-2H3,(H,20,21). The van der Waals surface area contributed by atoms with Crippen LogP contribution in [0, 0.1) is 0 Å². The Balaban J connectivity index is 2.52. The van der Waals surface area contributed by atoms with E-state index in [1.165, 1.54) is 7.05 Å². The largest absolute Gasteiger partial charge is 0.478 e. The van der Waals surface area contributed by atoms with Crippen LogP contribution in [-0.2, 0) is 10.0 Å². The van der Waals surface area contributed by atoms with E-state index in [-0.39, 0.29) is 20.5 Å². The molecule has 0 aliphatic heterocycles. The fourth-order valence-corrected chi connectivity index (χ4v) is 4.17. The molecule has 1 aromatic heterocycles. The number of nitrogens with zero attached hydrogens (tertiary/aromatic N) is 2. The van der Waals surface area contributed by atoms with Gasteiger partial charge in [-0.1, -0.05) is 29.3 Å². The number of benzene rings is 1. The Morgan fingerprint density at radius 1 is 1.29 bits per heavy atom. The molecule has 1 aromatic carbocycles. The van der Waals surface area contributed by atoms with E-state index in [1.807, 2.05) is 0 Å². The predicted molar refractivity (Wildman–Crippen MR) is 91.0 cm³/mol. The molecule has 0 saturated carbocycles. The Labute approximate surface area is 149 Å². The third kappa shape index (κ3) is 3.54. The van der Waals surface area contributed by atoms with Gasteiger partial charge >= 0.3 is 5.97 Å². The molecule has 0 saturated heterocycles. The van der Waals surface area contributed by atoms with Crippen molar-refractivity contribution in [3.8, 4) is 0 Å². The van der Waals surface area contributed by atoms with Crippen molar-refractivity contribution < 1.29 is 18.3 Å². The Hall–Kier alpha value is -1.67. The first kappa shape index (κ1) is 18.7. The molecule has 2 aromatic rings. The summed E-state index contributed by atoms with van der Waals surface area (Å²) in [6, 6.07) is 6.67. The van der Waals surface area contributed by atoms with Crippen molar-refractivity contribution in [2.24, 2.45) is 0 Å².